The standard InChI is InChI=1S/C15H21NO4/c1-7-10-8-12(18-5)13(19-6)9-11(10)16-14(17)20-15(2,3)4/h7-9H,1H2,2-6H3,(H,16,17). The van der Waals surface area contributed by atoms with Crippen LogP contribution in [-0.4, -0.2) is 25.9 Å². The van der Waals surface area contributed by atoms with Crippen LogP contribution in [0.3, 0.4) is 0 Å². The fraction of sp³-hybridized carbons (Fsp3) is 0.400. The van der Waals surface area contributed by atoms with E-state index in [1.165, 1.54) is 7.11 Å². The second-order valence-corrected chi connectivity index (χ2v) is 5.13. The molecule has 0 heterocycles. The van der Waals surface area contributed by atoms with E-state index in [4.69, 9.17) is 14.2 Å². The lowest BCUT2D eigenvalue weighted by Crippen LogP contribution is -2.27. The van der Waals surface area contributed by atoms with Crippen molar-refractivity contribution < 1.29 is 19.0 Å². The normalized spacial score (nSPS) is 10.7. The fourth-order valence-corrected chi connectivity index (χ4v) is 1.59. The minimum Gasteiger partial charge on any atom is -0.493 e. The Kier molecular flexibility index (Phi) is 5.02. The van der Waals surface area contributed by atoms with Crippen LogP contribution in [0.4, 0.5) is 10.5 Å². The van der Waals surface area contributed by atoms with Crippen LogP contribution in [0, 0.1) is 0 Å². The van der Waals surface area contributed by atoms with Gasteiger partial charge in [0.05, 0.1) is 19.9 Å². The van der Waals surface area contributed by atoms with Crippen LogP contribution in [0.15, 0.2) is 18.7 Å². The molecule has 0 fully saturated rings. The highest BCUT2D eigenvalue weighted by Crippen LogP contribution is 2.34. The average Bonchev–Trinajstić information content (AvgIpc) is 2.35. The predicted molar refractivity (Wildman–Crippen MR) is 79.5 cm³/mol. The Morgan fingerprint density at radius 3 is 2.20 bits per heavy atom. The number of ether oxygens (including phenoxy) is 3. The van der Waals surface area contributed by atoms with Crippen LogP contribution in [0.25, 0.3) is 6.08 Å². The van der Waals surface area contributed by atoms with Gasteiger partial charge in [0, 0.05) is 11.6 Å². The molecule has 0 saturated carbocycles. The second kappa shape index (κ2) is 6.32. The molecule has 0 aromatic heterocycles. The number of hydrogen-bond donors (Lipinski definition) is 1. The molecule has 5 nitrogen and oxygen atoms in total. The maximum absolute atomic E-state index is 11.8. The number of nitrogens with one attached hydrogen (secondary N) is 1. The zero-order valence-corrected chi connectivity index (χ0v) is 12.6. The lowest BCUT2D eigenvalue weighted by molar-refractivity contribution is 0.0636. The van der Waals surface area contributed by atoms with E-state index in [0.717, 1.165) is 0 Å². The van der Waals surface area contributed by atoms with Crippen LogP contribution in [0.5, 0.6) is 11.5 Å². The summed E-state index contributed by atoms with van der Waals surface area (Å²) in [5.74, 6) is 1.08. The molecule has 20 heavy (non-hydrogen) atoms. The molecular formula is C15H21NO4. The second-order valence-electron chi connectivity index (χ2n) is 5.13. The molecule has 1 aromatic carbocycles. The van der Waals surface area contributed by atoms with Gasteiger partial charge >= 0.3 is 6.09 Å². The van der Waals surface area contributed by atoms with Gasteiger partial charge in [-0.15, -0.1) is 0 Å². The van der Waals surface area contributed by atoms with E-state index in [9.17, 15) is 4.79 Å². The zero-order valence-electron chi connectivity index (χ0n) is 12.6. The fourth-order valence-electron chi connectivity index (χ4n) is 1.59. The van der Waals surface area contributed by atoms with Crippen molar-refractivity contribution in [2.24, 2.45) is 0 Å². The van der Waals surface area contributed by atoms with Gasteiger partial charge in [0.25, 0.3) is 0 Å². The molecule has 110 valence electrons. The van der Waals surface area contributed by atoms with Gasteiger partial charge in [0.2, 0.25) is 0 Å². The largest absolute Gasteiger partial charge is 0.493 e. The van der Waals surface area contributed by atoms with Gasteiger partial charge in [0.15, 0.2) is 11.5 Å². The molecule has 0 unspecified atom stereocenters. The summed E-state index contributed by atoms with van der Waals surface area (Å²) in [4.78, 5) is 11.8. The molecule has 0 saturated heterocycles. The first-order chi connectivity index (χ1) is 9.30. The molecule has 0 radical (unpaired) electrons. The molecule has 1 N–H and O–H groups in total. The number of hydrogen-bond acceptors (Lipinski definition) is 4. The van der Waals surface area contributed by atoms with E-state index in [1.54, 1.807) is 46.1 Å². The van der Waals surface area contributed by atoms with Crippen LogP contribution >= 0.6 is 0 Å². The van der Waals surface area contributed by atoms with E-state index < -0.39 is 11.7 Å². The summed E-state index contributed by atoms with van der Waals surface area (Å²) in [6.07, 6.45) is 1.09. The smallest absolute Gasteiger partial charge is 0.412 e. The Morgan fingerprint density at radius 2 is 1.75 bits per heavy atom. The van der Waals surface area contributed by atoms with Crippen LogP contribution in [0.2, 0.25) is 0 Å². The Hall–Kier alpha value is -2.17. The van der Waals surface area contributed by atoms with E-state index in [2.05, 4.69) is 11.9 Å². The van der Waals surface area contributed by atoms with Crippen molar-refractivity contribution >= 4 is 17.9 Å². The number of rotatable bonds is 4. The van der Waals surface area contributed by atoms with Crippen molar-refractivity contribution in [3.63, 3.8) is 0 Å². The quantitative estimate of drug-likeness (QED) is 0.913. The molecule has 0 aliphatic rings. The van der Waals surface area contributed by atoms with Gasteiger partial charge in [-0.2, -0.15) is 0 Å². The molecule has 0 bridgehead atoms. The molecule has 0 atom stereocenters. The number of benzene rings is 1. The summed E-state index contributed by atoms with van der Waals surface area (Å²) in [6, 6.07) is 3.40. The summed E-state index contributed by atoms with van der Waals surface area (Å²) < 4.78 is 15.6. The SMILES string of the molecule is C=Cc1cc(OC)c(OC)cc1NC(=O)OC(C)(C)C. The van der Waals surface area contributed by atoms with Gasteiger partial charge in [-0.1, -0.05) is 12.7 Å². The number of methoxy groups -OCH3 is 2. The van der Waals surface area contributed by atoms with Crippen molar-refractivity contribution in [2.45, 2.75) is 26.4 Å². The minimum atomic E-state index is -0.561. The third-order valence-corrected chi connectivity index (χ3v) is 2.41. The molecule has 1 amide bonds. The number of carbonyl (C=O) groups is 1. The molecule has 5 heteroatoms. The molecule has 0 aliphatic carbocycles. The summed E-state index contributed by atoms with van der Waals surface area (Å²) in [5.41, 5.74) is 0.704. The van der Waals surface area contributed by atoms with Gasteiger partial charge in [-0.25, -0.2) is 4.79 Å². The molecular weight excluding hydrogens is 258 g/mol. The first kappa shape index (κ1) is 15.9. The van der Waals surface area contributed by atoms with Gasteiger partial charge < -0.3 is 14.2 Å². The van der Waals surface area contributed by atoms with Crippen LogP contribution < -0.4 is 14.8 Å². The minimum absolute atomic E-state index is 0.518. The van der Waals surface area contributed by atoms with Crippen molar-refractivity contribution in [1.29, 1.82) is 0 Å². The van der Waals surface area contributed by atoms with Crippen molar-refractivity contribution in [3.8, 4) is 11.5 Å². The van der Waals surface area contributed by atoms with E-state index in [0.29, 0.717) is 22.7 Å². The first-order valence-electron chi connectivity index (χ1n) is 6.19. The van der Waals surface area contributed by atoms with Crippen molar-refractivity contribution in [3.05, 3.63) is 24.3 Å². The third-order valence-electron chi connectivity index (χ3n) is 2.41. The third kappa shape index (κ3) is 4.19. The van der Waals surface area contributed by atoms with E-state index >= 15 is 0 Å². The highest BCUT2D eigenvalue weighted by Gasteiger charge is 2.18. The number of amides is 1. The topological polar surface area (TPSA) is 56.8 Å². The summed E-state index contributed by atoms with van der Waals surface area (Å²) in [5, 5.41) is 2.68. The summed E-state index contributed by atoms with van der Waals surface area (Å²) >= 11 is 0. The van der Waals surface area contributed by atoms with Gasteiger partial charge in [0.1, 0.15) is 5.60 Å². The maximum atomic E-state index is 11.8. The van der Waals surface area contributed by atoms with Crippen LogP contribution in [-0.2, 0) is 4.74 Å². The Labute approximate surface area is 119 Å². The number of carbonyl (C=O) groups excluding carboxylic acids is 1. The Balaban J connectivity index is 3.05. The summed E-state index contributed by atoms with van der Waals surface area (Å²) in [7, 11) is 3.08. The van der Waals surface area contributed by atoms with Crippen molar-refractivity contribution in [1.82, 2.24) is 0 Å². The lowest BCUT2D eigenvalue weighted by atomic mass is 10.1. The van der Waals surface area contributed by atoms with E-state index in [-0.39, 0.29) is 0 Å². The van der Waals surface area contributed by atoms with Crippen molar-refractivity contribution in [2.75, 3.05) is 19.5 Å². The van der Waals surface area contributed by atoms with Crippen LogP contribution in [0.1, 0.15) is 26.3 Å². The van der Waals surface area contributed by atoms with Gasteiger partial charge in [-0.05, 0) is 26.8 Å². The number of anilines is 1. The predicted octanol–water partition coefficient (Wildman–Crippen LogP) is 3.69. The Bertz CT molecular complexity index is 503. The zero-order chi connectivity index (χ0) is 15.3. The molecule has 0 spiro atoms. The molecule has 1 aromatic rings. The highest BCUT2D eigenvalue weighted by molar-refractivity contribution is 5.89. The lowest BCUT2D eigenvalue weighted by Gasteiger charge is -2.20. The molecule has 0 aliphatic heterocycles. The molecule has 1 rings (SSSR count). The van der Waals surface area contributed by atoms with E-state index in [1.807, 2.05) is 0 Å². The Morgan fingerprint density at radius 1 is 1.20 bits per heavy atom. The highest BCUT2D eigenvalue weighted by atomic mass is 16.6. The average molecular weight is 279 g/mol. The summed E-state index contributed by atoms with van der Waals surface area (Å²) in [6.45, 7) is 9.12. The first-order valence-corrected chi connectivity index (χ1v) is 6.19. The maximum Gasteiger partial charge on any atom is 0.412 e. The monoisotopic (exact) mass is 279 g/mol. The van der Waals surface area contributed by atoms with Gasteiger partial charge in [-0.3, -0.25) is 5.32 Å².